The summed E-state index contributed by atoms with van der Waals surface area (Å²) in [6, 6.07) is 7.56. The van der Waals surface area contributed by atoms with Crippen LogP contribution in [0.15, 0.2) is 48.1 Å². The third-order valence-electron chi connectivity index (χ3n) is 10.7. The molecule has 0 amide bonds. The number of rotatable bonds is 4. The summed E-state index contributed by atoms with van der Waals surface area (Å²) in [7, 11) is 0. The molecule has 0 unspecified atom stereocenters. The van der Waals surface area contributed by atoms with Gasteiger partial charge in [0.15, 0.2) is 17.1 Å². The van der Waals surface area contributed by atoms with Crippen LogP contribution in [0.25, 0.3) is 0 Å². The largest absolute Gasteiger partial charge is 0.488 e. The molecule has 7 nitrogen and oxygen atoms in total. The van der Waals surface area contributed by atoms with Crippen molar-refractivity contribution in [3.8, 4) is 5.75 Å². The van der Waals surface area contributed by atoms with Gasteiger partial charge >= 0.3 is 5.97 Å². The number of halogens is 2. The first kappa shape index (κ1) is 28.5. The average Bonchev–Trinajstić information content (AvgIpc) is 3.35. The number of aliphatic carboxylic acids is 1. The molecule has 2 N–H and O–H groups in total. The van der Waals surface area contributed by atoms with Gasteiger partial charge < -0.3 is 14.9 Å². The van der Waals surface area contributed by atoms with Gasteiger partial charge in [0.05, 0.1) is 6.10 Å². The number of benzene rings is 1. The Kier molecular flexibility index (Phi) is 6.22. The highest BCUT2D eigenvalue weighted by Crippen LogP contribution is 2.72. The van der Waals surface area contributed by atoms with E-state index in [2.05, 4.69) is 0 Å². The Bertz CT molecular complexity index is 1340. The third-order valence-corrected chi connectivity index (χ3v) is 10.7. The summed E-state index contributed by atoms with van der Waals surface area (Å²) < 4.78 is 39.0. The van der Waals surface area contributed by atoms with Crippen molar-refractivity contribution in [2.45, 2.75) is 89.6 Å². The molecule has 0 bridgehead atoms. The molecule has 0 aromatic heterocycles. The average molecular weight is 572 g/mol. The molecule has 1 aromatic rings. The number of allylic oxidation sites excluding steroid dienone is 4. The van der Waals surface area contributed by atoms with Crippen molar-refractivity contribution in [1.29, 1.82) is 0 Å². The molecule has 41 heavy (non-hydrogen) atoms. The van der Waals surface area contributed by atoms with Crippen molar-refractivity contribution in [3.63, 3.8) is 0 Å². The number of carbonyl (C=O) groups excluding carboxylic acids is 1. The second kappa shape index (κ2) is 8.94. The zero-order valence-corrected chi connectivity index (χ0v) is 24.2. The predicted octanol–water partition coefficient (Wildman–Crippen LogP) is 4.98. The third kappa shape index (κ3) is 3.84. The van der Waals surface area contributed by atoms with Gasteiger partial charge in [-0.1, -0.05) is 25.1 Å². The number of carbonyl (C=O) groups is 2. The van der Waals surface area contributed by atoms with Gasteiger partial charge in [0.25, 0.3) is 0 Å². The van der Waals surface area contributed by atoms with E-state index in [-0.39, 0.29) is 24.0 Å². The summed E-state index contributed by atoms with van der Waals surface area (Å²) in [6.45, 7) is 9.87. The smallest absolute Gasteiger partial charge is 0.339 e. The summed E-state index contributed by atoms with van der Waals surface area (Å²) in [5.74, 6) is -2.77. The van der Waals surface area contributed by atoms with Crippen LogP contribution in [-0.4, -0.2) is 62.7 Å². The number of carboxylic acids is 1. The number of carboxylic acid groups (broad SMARTS) is 1. The van der Waals surface area contributed by atoms with Crippen molar-refractivity contribution in [3.05, 3.63) is 53.6 Å². The summed E-state index contributed by atoms with van der Waals surface area (Å²) in [5, 5.41) is 23.9. The van der Waals surface area contributed by atoms with Gasteiger partial charge in [0.2, 0.25) is 0 Å². The number of hydrogen-bond donors (Lipinski definition) is 2. The maximum atomic E-state index is 17.4. The van der Waals surface area contributed by atoms with Crippen LogP contribution < -0.4 is 4.74 Å². The molecule has 3 saturated carbocycles. The number of ketones is 1. The molecule has 1 saturated heterocycles. The SMILES string of the molecule is CC(C)(C)Oc1ccc(CN2C[C@@H]3C[C@H]4[C@@H]5C[C@H](F)C6=CC(=O)C=C[C@]6(C)[C@@]5(F)[C@@H](O)C[C@]4(C)[C@]3(C(=O)O)O2)cc1. The molecule has 1 aliphatic heterocycles. The quantitative estimate of drug-likeness (QED) is 0.526. The molecule has 1 heterocycles. The lowest BCUT2D eigenvalue weighted by Crippen LogP contribution is -2.70. The topological polar surface area (TPSA) is 96.3 Å². The molecule has 9 atom stereocenters. The highest BCUT2D eigenvalue weighted by atomic mass is 19.1. The second-order valence-electron chi connectivity index (χ2n) is 14.1. The number of aliphatic hydroxyl groups is 1. The Balaban J connectivity index is 1.30. The molecule has 4 aliphatic carbocycles. The van der Waals surface area contributed by atoms with Gasteiger partial charge in [-0.05, 0) is 88.3 Å². The van der Waals surface area contributed by atoms with Crippen LogP contribution in [-0.2, 0) is 21.0 Å². The summed E-state index contributed by atoms with van der Waals surface area (Å²) in [6.07, 6.45) is 0.627. The summed E-state index contributed by atoms with van der Waals surface area (Å²) >= 11 is 0. The minimum Gasteiger partial charge on any atom is -0.488 e. The fraction of sp³-hybridized carbons (Fsp3) is 0.625. The van der Waals surface area contributed by atoms with Gasteiger partial charge in [-0.15, -0.1) is 0 Å². The molecule has 222 valence electrons. The van der Waals surface area contributed by atoms with Crippen molar-refractivity contribution in [2.75, 3.05) is 6.54 Å². The molecule has 1 aromatic carbocycles. The molecule has 4 fully saturated rings. The highest BCUT2D eigenvalue weighted by molar-refractivity contribution is 6.01. The molecular weight excluding hydrogens is 532 g/mol. The first-order valence-corrected chi connectivity index (χ1v) is 14.5. The molecular formula is C32H39F2NO6. The number of hydrogen-bond acceptors (Lipinski definition) is 6. The van der Waals surface area contributed by atoms with E-state index in [4.69, 9.17) is 9.57 Å². The van der Waals surface area contributed by atoms with E-state index in [0.717, 1.165) is 17.4 Å². The standard InChI is InChI=1S/C32H39F2NO6/c1-28(2,3)40-21-8-6-18(7-9-21)16-35-17-19-12-22-23-14-25(33)24-13-20(36)10-11-29(24,4)31(23,34)26(37)15-30(22,5)32(19,41-35)27(38)39/h6-11,13,19,22-23,25-26,37H,12,14-17H2,1-5H3,(H,38,39)/t19-,22-,23-,25-,26-,29-,30-,31-,32-/m0/s1. The van der Waals surface area contributed by atoms with E-state index in [1.807, 2.05) is 45.0 Å². The normalized spacial score (nSPS) is 43.6. The second-order valence-corrected chi connectivity index (χ2v) is 14.1. The Hall–Kier alpha value is -2.62. The molecule has 9 heteroatoms. The first-order chi connectivity index (χ1) is 19.0. The Morgan fingerprint density at radius 2 is 1.85 bits per heavy atom. The molecule has 0 spiro atoms. The predicted molar refractivity (Wildman–Crippen MR) is 146 cm³/mol. The van der Waals surface area contributed by atoms with Crippen LogP contribution in [0.1, 0.15) is 59.4 Å². The van der Waals surface area contributed by atoms with Gasteiger partial charge in [-0.2, -0.15) is 5.06 Å². The molecule has 6 rings (SSSR count). The van der Waals surface area contributed by atoms with E-state index in [1.54, 1.807) is 18.9 Å². The van der Waals surface area contributed by atoms with E-state index in [1.165, 1.54) is 12.2 Å². The fourth-order valence-electron chi connectivity index (χ4n) is 9.00. The van der Waals surface area contributed by atoms with Gasteiger partial charge in [-0.25, -0.2) is 13.6 Å². The lowest BCUT2D eigenvalue weighted by molar-refractivity contribution is -0.275. The van der Waals surface area contributed by atoms with Crippen LogP contribution in [0.2, 0.25) is 0 Å². The van der Waals surface area contributed by atoms with Crippen molar-refractivity contribution >= 4 is 11.8 Å². The molecule has 5 aliphatic rings. The van der Waals surface area contributed by atoms with Gasteiger partial charge in [-0.3, -0.25) is 9.63 Å². The van der Waals surface area contributed by atoms with Crippen LogP contribution in [0.5, 0.6) is 5.75 Å². The van der Waals surface area contributed by atoms with Crippen LogP contribution in [0.4, 0.5) is 8.78 Å². The fourth-order valence-corrected chi connectivity index (χ4v) is 9.00. The lowest BCUT2D eigenvalue weighted by atomic mass is 9.44. The lowest BCUT2D eigenvalue weighted by Gasteiger charge is -2.63. The summed E-state index contributed by atoms with van der Waals surface area (Å²) in [4.78, 5) is 31.5. The maximum Gasteiger partial charge on any atom is 0.339 e. The van der Waals surface area contributed by atoms with Crippen LogP contribution in [0.3, 0.4) is 0 Å². The van der Waals surface area contributed by atoms with Crippen molar-refractivity contribution in [1.82, 2.24) is 5.06 Å². The number of nitrogens with zero attached hydrogens (tertiary/aromatic N) is 1. The number of fused-ring (bicyclic) bond motifs is 7. The summed E-state index contributed by atoms with van der Waals surface area (Å²) in [5.41, 5.74) is -5.95. The first-order valence-electron chi connectivity index (χ1n) is 14.5. The Labute approximate surface area is 239 Å². The van der Waals surface area contributed by atoms with Crippen molar-refractivity contribution in [2.24, 2.45) is 28.6 Å². The Morgan fingerprint density at radius 3 is 2.49 bits per heavy atom. The Morgan fingerprint density at radius 1 is 1.17 bits per heavy atom. The number of hydroxylamine groups is 2. The molecule has 0 radical (unpaired) electrons. The van der Waals surface area contributed by atoms with Gasteiger partial charge in [0.1, 0.15) is 17.5 Å². The van der Waals surface area contributed by atoms with E-state index >= 15 is 8.78 Å². The van der Waals surface area contributed by atoms with E-state index in [9.17, 15) is 19.8 Å². The maximum absolute atomic E-state index is 17.4. The van der Waals surface area contributed by atoms with E-state index < -0.39 is 63.9 Å². The zero-order chi connectivity index (χ0) is 29.8. The monoisotopic (exact) mass is 571 g/mol. The van der Waals surface area contributed by atoms with Crippen LogP contribution >= 0.6 is 0 Å². The van der Waals surface area contributed by atoms with E-state index in [0.29, 0.717) is 19.5 Å². The van der Waals surface area contributed by atoms with Crippen LogP contribution in [0, 0.1) is 28.6 Å². The minimum absolute atomic E-state index is 0.0545. The zero-order valence-electron chi connectivity index (χ0n) is 24.2. The number of ether oxygens (including phenoxy) is 1. The number of aliphatic hydroxyl groups excluding tert-OH is 1. The highest BCUT2D eigenvalue weighted by Gasteiger charge is 2.80. The number of alkyl halides is 2. The minimum atomic E-state index is -2.25. The van der Waals surface area contributed by atoms with Crippen molar-refractivity contribution < 1.29 is 38.2 Å². The van der Waals surface area contributed by atoms with Gasteiger partial charge in [0, 0.05) is 35.8 Å².